The molecule has 1 saturated carbocycles. The summed E-state index contributed by atoms with van der Waals surface area (Å²) < 4.78 is 7.71. The molecule has 1 spiro atoms. The number of hydrogen-bond acceptors (Lipinski definition) is 4. The Hall–Kier alpha value is -2.83. The molecule has 176 valence electrons. The van der Waals surface area contributed by atoms with E-state index in [9.17, 15) is 14.4 Å². The summed E-state index contributed by atoms with van der Waals surface area (Å²) in [6.45, 7) is 7.47. The fourth-order valence-corrected chi connectivity index (χ4v) is 5.56. The van der Waals surface area contributed by atoms with Crippen LogP contribution in [0.15, 0.2) is 24.3 Å². The minimum atomic E-state index is -0.527. The summed E-state index contributed by atoms with van der Waals surface area (Å²) in [5, 5.41) is 4.04. The summed E-state index contributed by atoms with van der Waals surface area (Å²) in [6, 6.07) is 7.74. The van der Waals surface area contributed by atoms with Crippen LogP contribution in [0.1, 0.15) is 80.1 Å². The molecule has 1 aliphatic carbocycles. The van der Waals surface area contributed by atoms with Gasteiger partial charge in [-0.2, -0.15) is 0 Å². The minimum Gasteiger partial charge on any atom is -0.444 e. The maximum absolute atomic E-state index is 13.2. The number of carbonyl (C=O) groups is 3. The molecule has 3 heterocycles. The molecule has 2 amide bonds. The second kappa shape index (κ2) is 7.89. The van der Waals surface area contributed by atoms with Gasteiger partial charge in [0, 0.05) is 42.5 Å². The Morgan fingerprint density at radius 1 is 1.18 bits per heavy atom. The number of hydrogen-bond donors (Lipinski definition) is 1. The van der Waals surface area contributed by atoms with Crippen molar-refractivity contribution in [1.82, 2.24) is 14.8 Å². The number of carbonyl (C=O) groups excluding carboxylic acids is 3. The van der Waals surface area contributed by atoms with E-state index in [1.165, 1.54) is 0 Å². The molecular formula is C26H33N3O4. The van der Waals surface area contributed by atoms with Crippen LogP contribution in [0.5, 0.6) is 0 Å². The number of piperidine rings is 1. The van der Waals surface area contributed by atoms with Gasteiger partial charge in [-0.1, -0.05) is 12.1 Å². The van der Waals surface area contributed by atoms with Crippen molar-refractivity contribution in [2.75, 3.05) is 19.6 Å². The van der Waals surface area contributed by atoms with Crippen LogP contribution in [-0.4, -0.2) is 52.5 Å². The van der Waals surface area contributed by atoms with Crippen LogP contribution >= 0.6 is 0 Å². The third-order valence-electron chi connectivity index (χ3n) is 7.34. The summed E-state index contributed by atoms with van der Waals surface area (Å²) in [7, 11) is 0. The lowest BCUT2D eigenvalue weighted by Crippen LogP contribution is -2.55. The molecule has 5 rings (SSSR count). The van der Waals surface area contributed by atoms with Gasteiger partial charge in [-0.05, 0) is 70.9 Å². The number of amides is 2. The minimum absolute atomic E-state index is 0.0407. The van der Waals surface area contributed by atoms with Crippen LogP contribution in [0.2, 0.25) is 0 Å². The SMILES string of the molecule is CC(C)(C)OC(=O)N1CCC[C@H](CC(=O)c2ccc3cc4n(c3c2)C2(CCC2)CNC4=O)C1. The molecule has 1 N–H and O–H groups in total. The van der Waals surface area contributed by atoms with E-state index in [4.69, 9.17) is 4.74 Å². The lowest BCUT2D eigenvalue weighted by atomic mass is 9.75. The van der Waals surface area contributed by atoms with E-state index in [0.717, 1.165) is 43.0 Å². The van der Waals surface area contributed by atoms with E-state index in [2.05, 4.69) is 9.88 Å². The van der Waals surface area contributed by atoms with Crippen molar-refractivity contribution in [3.8, 4) is 0 Å². The molecule has 1 saturated heterocycles. The third kappa shape index (κ3) is 4.02. The van der Waals surface area contributed by atoms with Gasteiger partial charge in [-0.25, -0.2) is 4.79 Å². The number of aromatic nitrogens is 1. The van der Waals surface area contributed by atoms with E-state index in [-0.39, 0.29) is 29.2 Å². The molecule has 33 heavy (non-hydrogen) atoms. The topological polar surface area (TPSA) is 80.6 Å². The fraction of sp³-hybridized carbons (Fsp3) is 0.577. The monoisotopic (exact) mass is 451 g/mol. The molecule has 1 atom stereocenters. The molecule has 2 aliphatic heterocycles. The van der Waals surface area contributed by atoms with Crippen molar-refractivity contribution >= 4 is 28.7 Å². The summed E-state index contributed by atoms with van der Waals surface area (Å²) in [6.07, 6.45) is 5.16. The fourth-order valence-electron chi connectivity index (χ4n) is 5.56. The van der Waals surface area contributed by atoms with Gasteiger partial charge in [0.05, 0.1) is 5.54 Å². The van der Waals surface area contributed by atoms with Crippen molar-refractivity contribution in [2.45, 2.75) is 70.4 Å². The predicted molar refractivity (Wildman–Crippen MR) is 126 cm³/mol. The van der Waals surface area contributed by atoms with Crippen molar-refractivity contribution in [3.05, 3.63) is 35.5 Å². The molecule has 7 nitrogen and oxygen atoms in total. The highest BCUT2D eigenvalue weighted by Crippen LogP contribution is 2.44. The van der Waals surface area contributed by atoms with Crippen molar-refractivity contribution < 1.29 is 19.1 Å². The number of ether oxygens (including phenoxy) is 1. The summed E-state index contributed by atoms with van der Waals surface area (Å²) >= 11 is 0. The predicted octanol–water partition coefficient (Wildman–Crippen LogP) is 4.48. The molecule has 1 aromatic heterocycles. The number of benzene rings is 1. The molecule has 1 aromatic carbocycles. The van der Waals surface area contributed by atoms with Crippen LogP contribution in [0.4, 0.5) is 4.79 Å². The second-order valence-corrected chi connectivity index (χ2v) is 11.0. The van der Waals surface area contributed by atoms with Crippen molar-refractivity contribution in [1.29, 1.82) is 0 Å². The molecule has 2 fully saturated rings. The number of likely N-dealkylation sites (tertiary alicyclic amines) is 1. The first kappa shape index (κ1) is 22.0. The average molecular weight is 452 g/mol. The van der Waals surface area contributed by atoms with E-state index in [1.54, 1.807) is 4.90 Å². The first-order valence-electron chi connectivity index (χ1n) is 12.1. The van der Waals surface area contributed by atoms with E-state index in [1.807, 2.05) is 45.0 Å². The van der Waals surface area contributed by atoms with Gasteiger partial charge < -0.3 is 19.5 Å². The number of fused-ring (bicyclic) bond motifs is 4. The first-order chi connectivity index (χ1) is 15.7. The Kier molecular flexibility index (Phi) is 5.26. The van der Waals surface area contributed by atoms with Gasteiger partial charge in [-0.3, -0.25) is 9.59 Å². The van der Waals surface area contributed by atoms with Crippen LogP contribution < -0.4 is 5.32 Å². The number of Topliss-reactive ketones (excluding diaryl/α,β-unsaturated/α-hetero) is 1. The maximum atomic E-state index is 13.2. The highest BCUT2D eigenvalue weighted by Gasteiger charge is 2.44. The molecule has 0 unspecified atom stereocenters. The van der Waals surface area contributed by atoms with Crippen LogP contribution in [-0.2, 0) is 10.3 Å². The zero-order chi connectivity index (χ0) is 23.4. The lowest BCUT2D eigenvalue weighted by Gasteiger charge is -2.47. The number of rotatable bonds is 3. The summed E-state index contributed by atoms with van der Waals surface area (Å²) in [5.74, 6) is 0.173. The van der Waals surface area contributed by atoms with E-state index >= 15 is 0 Å². The second-order valence-electron chi connectivity index (χ2n) is 11.0. The number of nitrogens with zero attached hydrogens (tertiary/aromatic N) is 2. The molecule has 0 radical (unpaired) electrons. The number of ketones is 1. The molecular weight excluding hydrogens is 418 g/mol. The highest BCUT2D eigenvalue weighted by atomic mass is 16.6. The zero-order valence-electron chi connectivity index (χ0n) is 19.8. The maximum Gasteiger partial charge on any atom is 0.410 e. The quantitative estimate of drug-likeness (QED) is 0.698. The van der Waals surface area contributed by atoms with Gasteiger partial charge in [0.15, 0.2) is 5.78 Å². The standard InChI is InChI=1S/C26H33N3O4/c1-25(2,3)33-24(32)28-11-4-6-17(15-28)12-22(30)19-8-7-18-13-21-23(31)27-16-26(9-5-10-26)29(21)20(18)14-19/h7-8,13-14,17H,4-6,9-12,15-16H2,1-3H3,(H,27,31)/t17-/m1/s1. The smallest absolute Gasteiger partial charge is 0.410 e. The zero-order valence-corrected chi connectivity index (χ0v) is 19.8. The first-order valence-corrected chi connectivity index (χ1v) is 12.1. The number of nitrogens with one attached hydrogen (secondary N) is 1. The van der Waals surface area contributed by atoms with Crippen molar-refractivity contribution in [3.63, 3.8) is 0 Å². The third-order valence-corrected chi connectivity index (χ3v) is 7.34. The Morgan fingerprint density at radius 2 is 1.97 bits per heavy atom. The molecule has 7 heteroatoms. The van der Waals surface area contributed by atoms with Crippen molar-refractivity contribution in [2.24, 2.45) is 5.92 Å². The Balaban J connectivity index is 1.35. The van der Waals surface area contributed by atoms with Crippen LogP contribution in [0, 0.1) is 5.92 Å². The Bertz CT molecular complexity index is 1120. The van der Waals surface area contributed by atoms with Crippen LogP contribution in [0.3, 0.4) is 0 Å². The summed E-state index contributed by atoms with van der Waals surface area (Å²) in [5.41, 5.74) is 1.77. The molecule has 0 bridgehead atoms. The van der Waals surface area contributed by atoms with Gasteiger partial charge in [-0.15, -0.1) is 0 Å². The largest absolute Gasteiger partial charge is 0.444 e. The van der Waals surface area contributed by atoms with Gasteiger partial charge in [0.1, 0.15) is 11.3 Å². The Morgan fingerprint density at radius 3 is 2.67 bits per heavy atom. The average Bonchev–Trinajstić information content (AvgIpc) is 3.12. The van der Waals surface area contributed by atoms with Gasteiger partial charge in [0.25, 0.3) is 5.91 Å². The normalized spacial score (nSPS) is 22.0. The highest BCUT2D eigenvalue weighted by molar-refractivity contribution is 6.03. The Labute approximate surface area is 194 Å². The molecule has 3 aliphatic rings. The molecule has 2 aromatic rings. The van der Waals surface area contributed by atoms with Crippen LogP contribution in [0.25, 0.3) is 10.9 Å². The van der Waals surface area contributed by atoms with Gasteiger partial charge in [0.2, 0.25) is 0 Å². The van der Waals surface area contributed by atoms with Gasteiger partial charge >= 0.3 is 6.09 Å². The van der Waals surface area contributed by atoms with E-state index < -0.39 is 5.60 Å². The lowest BCUT2D eigenvalue weighted by molar-refractivity contribution is 0.0161. The van der Waals surface area contributed by atoms with E-state index in [0.29, 0.717) is 37.3 Å². The summed E-state index contributed by atoms with van der Waals surface area (Å²) in [4.78, 5) is 39.9.